The van der Waals surface area contributed by atoms with Crippen LogP contribution in [0.5, 0.6) is 23.0 Å². The van der Waals surface area contributed by atoms with Crippen molar-refractivity contribution in [3.63, 3.8) is 0 Å². The predicted octanol–water partition coefficient (Wildman–Crippen LogP) is 24.9. The zero-order valence-corrected chi connectivity index (χ0v) is 59.1. The first-order valence-electron chi connectivity index (χ1n) is 37.0. The minimum absolute atomic E-state index is 0.746. The molecule has 98 heavy (non-hydrogen) atoms. The van der Waals surface area contributed by atoms with Gasteiger partial charge in [-0.3, -0.25) is 0 Å². The quantitative estimate of drug-likeness (QED) is 0.0290. The Bertz CT molecular complexity index is 3500. The summed E-state index contributed by atoms with van der Waals surface area (Å²) in [7, 11) is 0. The van der Waals surface area contributed by atoms with Crippen LogP contribution in [-0.4, -0.2) is 26.4 Å². The van der Waals surface area contributed by atoms with E-state index in [0.29, 0.717) is 0 Å². The van der Waals surface area contributed by atoms with E-state index in [2.05, 4.69) is 281 Å². The van der Waals surface area contributed by atoms with Gasteiger partial charge in [-0.2, -0.15) is 0 Å². The fraction of sp³-hybridized carbons (Fsp3) is 0.340. The second kappa shape index (κ2) is 42.2. The van der Waals surface area contributed by atoms with Crippen molar-refractivity contribution in [2.24, 2.45) is 0 Å². The molecule has 0 aromatic heterocycles. The van der Waals surface area contributed by atoms with Crippen molar-refractivity contribution in [2.75, 3.05) is 26.4 Å². The lowest BCUT2D eigenvalue weighted by Crippen LogP contribution is -1.97. The second-order valence-electron chi connectivity index (χ2n) is 25.8. The summed E-state index contributed by atoms with van der Waals surface area (Å²) in [6, 6.07) is 71.6. The van der Waals surface area contributed by atoms with E-state index < -0.39 is 0 Å². The predicted molar refractivity (Wildman–Crippen MR) is 413 cm³/mol. The third-order valence-corrected chi connectivity index (χ3v) is 17.9. The van der Waals surface area contributed by atoms with Crippen LogP contribution in [0.25, 0.3) is 44.5 Å². The van der Waals surface area contributed by atoms with E-state index >= 15 is 0 Å². The van der Waals surface area contributed by atoms with Gasteiger partial charge in [0.05, 0.1) is 26.4 Å². The number of benzene rings is 9. The van der Waals surface area contributed by atoms with Gasteiger partial charge in [0.2, 0.25) is 0 Å². The van der Waals surface area contributed by atoms with Crippen molar-refractivity contribution in [3.05, 3.63) is 251 Å². The zero-order valence-electron chi connectivity index (χ0n) is 59.1. The largest absolute Gasteiger partial charge is 0.494 e. The summed E-state index contributed by atoms with van der Waals surface area (Å²) in [6.45, 7) is 12.0. The summed E-state index contributed by atoms with van der Waals surface area (Å²) in [5, 5.41) is 0. The average molecular weight is 1300 g/mol. The molecule has 0 spiro atoms. The number of ether oxygens (including phenoxy) is 4. The molecule has 0 N–H and O–H groups in total. The van der Waals surface area contributed by atoms with Crippen molar-refractivity contribution >= 4 is 0 Å². The molecule has 0 atom stereocenters. The molecule has 4 nitrogen and oxygen atoms in total. The first-order valence-corrected chi connectivity index (χ1v) is 37.0. The lowest BCUT2D eigenvalue weighted by atomic mass is 9.97. The van der Waals surface area contributed by atoms with Crippen LogP contribution in [0, 0.1) is 47.4 Å². The molecule has 0 aliphatic heterocycles. The molecular weight excluding hydrogens is 1190 g/mol. The van der Waals surface area contributed by atoms with E-state index in [1.165, 1.54) is 128 Å². The highest BCUT2D eigenvalue weighted by molar-refractivity contribution is 5.71. The third-order valence-electron chi connectivity index (χ3n) is 17.9. The van der Waals surface area contributed by atoms with Gasteiger partial charge in [0, 0.05) is 44.5 Å². The summed E-state index contributed by atoms with van der Waals surface area (Å²) in [5.74, 6) is 31.9. The van der Waals surface area contributed by atoms with Crippen LogP contribution in [-0.2, 0) is 0 Å². The molecule has 9 aromatic carbocycles. The van der Waals surface area contributed by atoms with Crippen LogP contribution in [0.3, 0.4) is 0 Å². The topological polar surface area (TPSA) is 36.9 Å². The van der Waals surface area contributed by atoms with Gasteiger partial charge < -0.3 is 18.9 Å². The number of rotatable bonds is 36. The molecule has 0 fully saturated rings. The Labute approximate surface area is 589 Å². The Morgan fingerprint density at radius 1 is 0.184 bits per heavy atom. The van der Waals surface area contributed by atoms with Gasteiger partial charge in [-0.1, -0.05) is 301 Å². The van der Waals surface area contributed by atoms with E-state index in [1.54, 1.807) is 0 Å². The summed E-state index contributed by atoms with van der Waals surface area (Å²) >= 11 is 0. The Balaban J connectivity index is 0.989. The van der Waals surface area contributed by atoms with Gasteiger partial charge in [0.1, 0.15) is 23.0 Å². The fourth-order valence-corrected chi connectivity index (χ4v) is 11.8. The molecule has 0 amide bonds. The molecule has 0 saturated heterocycles. The van der Waals surface area contributed by atoms with Crippen molar-refractivity contribution in [1.29, 1.82) is 0 Å². The molecule has 4 heteroatoms. The maximum Gasteiger partial charge on any atom is 0.119 e. The van der Waals surface area contributed by atoms with Gasteiger partial charge in [-0.05, 0) is 179 Å². The molecule has 9 rings (SSSR count). The minimum atomic E-state index is 0.746. The molecule has 0 heterocycles. The van der Waals surface area contributed by atoms with Crippen LogP contribution in [0.4, 0.5) is 0 Å². The van der Waals surface area contributed by atoms with Crippen molar-refractivity contribution in [1.82, 2.24) is 0 Å². The van der Waals surface area contributed by atoms with Crippen LogP contribution in [0.1, 0.15) is 226 Å². The van der Waals surface area contributed by atoms with Crippen LogP contribution in [0.15, 0.2) is 206 Å². The monoisotopic (exact) mass is 1290 g/mol. The summed E-state index contributed by atoms with van der Waals surface area (Å²) in [4.78, 5) is 0. The molecule has 0 bridgehead atoms. The Hall–Kier alpha value is -9.58. The van der Waals surface area contributed by atoms with Gasteiger partial charge in [-0.15, -0.1) is 0 Å². The van der Waals surface area contributed by atoms with Gasteiger partial charge >= 0.3 is 0 Å². The van der Waals surface area contributed by atoms with Gasteiger partial charge in [0.25, 0.3) is 0 Å². The molecule has 9 aromatic rings. The zero-order chi connectivity index (χ0) is 67.9. The second-order valence-corrected chi connectivity index (χ2v) is 25.8. The minimum Gasteiger partial charge on any atom is -0.494 e. The van der Waals surface area contributed by atoms with Crippen LogP contribution in [0.2, 0.25) is 0 Å². The number of hydrogen-bond acceptors (Lipinski definition) is 4. The van der Waals surface area contributed by atoms with Crippen molar-refractivity contribution in [3.8, 4) is 115 Å². The summed E-state index contributed by atoms with van der Waals surface area (Å²) in [6.07, 6.45) is 29.8. The molecule has 0 radical (unpaired) electrons. The first-order chi connectivity index (χ1) is 48.4. The Morgan fingerprint density at radius 3 is 0.531 bits per heavy atom. The maximum absolute atomic E-state index is 6.11. The molecule has 0 saturated carbocycles. The van der Waals surface area contributed by atoms with E-state index in [-0.39, 0.29) is 0 Å². The lowest BCUT2D eigenvalue weighted by molar-refractivity contribution is 0.304. The smallest absolute Gasteiger partial charge is 0.119 e. The van der Waals surface area contributed by atoms with Gasteiger partial charge in [-0.25, -0.2) is 0 Å². The molecule has 0 aliphatic rings. The van der Waals surface area contributed by atoms with Crippen molar-refractivity contribution in [2.45, 2.75) is 182 Å². The normalized spacial score (nSPS) is 10.7. The van der Waals surface area contributed by atoms with E-state index in [0.717, 1.165) is 164 Å². The molecular formula is C94H102O4. The van der Waals surface area contributed by atoms with E-state index in [4.69, 9.17) is 18.9 Å². The lowest BCUT2D eigenvalue weighted by Gasteiger charge is -2.08. The molecule has 502 valence electrons. The Morgan fingerprint density at radius 2 is 0.347 bits per heavy atom. The maximum atomic E-state index is 6.11. The summed E-state index contributed by atoms with van der Waals surface area (Å²) < 4.78 is 24.4. The Kier molecular flexibility index (Phi) is 31.3. The molecule has 0 unspecified atom stereocenters. The first kappa shape index (κ1) is 72.7. The SMILES string of the molecule is CCCCCCCCOc1ccc(-c2ccc(C#Cc3cc(C#Cc4ccc(-c5ccc(OCCCCCCCC)cc5)cc4)c(C#Cc4ccc(-c5ccc(OCCCCCCCC)cc5)cc4)cc3C#Cc3ccc(-c4ccc(OCCCCCCCC)cc4)cc3)cc2)cc1. The average Bonchev–Trinajstić information content (AvgIpc) is 0.866. The fourth-order valence-electron chi connectivity index (χ4n) is 11.8. The standard InChI is InChI=1S/C94H102O4/c1-5-9-13-17-21-25-69-95-91-61-53-83(54-62-91)79-41-29-75(30-42-79)37-49-87-73-89(51-39-77-33-45-81(46-34-77)85-57-65-93(66-58-85)97-71-27-23-19-15-11-7-3)90(52-40-78-35-47-82(48-36-78)86-59-67-94(68-60-86)98-72-28-24-20-16-12-8-4)74-88(87)50-38-76-31-43-80(44-32-76)84-55-63-92(64-56-84)96-70-26-22-18-14-10-6-2/h29-36,41-48,53-68,73-74H,5-28,69-72H2,1-4H3. The summed E-state index contributed by atoms with van der Waals surface area (Å²) in [5.41, 5.74) is 15.6. The number of hydrogen-bond donors (Lipinski definition) is 0. The van der Waals surface area contributed by atoms with Crippen LogP contribution < -0.4 is 18.9 Å². The van der Waals surface area contributed by atoms with Crippen LogP contribution >= 0.6 is 0 Å². The molecule has 0 aliphatic carbocycles. The van der Waals surface area contributed by atoms with Crippen molar-refractivity contribution < 1.29 is 18.9 Å². The van der Waals surface area contributed by atoms with E-state index in [9.17, 15) is 0 Å². The van der Waals surface area contributed by atoms with E-state index in [1.807, 2.05) is 0 Å². The van der Waals surface area contributed by atoms with Gasteiger partial charge in [0.15, 0.2) is 0 Å². The number of unbranched alkanes of at least 4 members (excludes halogenated alkanes) is 20. The highest BCUT2D eigenvalue weighted by Gasteiger charge is 2.10. The highest BCUT2D eigenvalue weighted by atomic mass is 16.5. The third kappa shape index (κ3) is 25.1. The highest BCUT2D eigenvalue weighted by Crippen LogP contribution is 2.29.